The molecule has 4 heteroatoms. The van der Waals surface area contributed by atoms with Crippen molar-refractivity contribution < 1.29 is 9.59 Å². The summed E-state index contributed by atoms with van der Waals surface area (Å²) in [6, 6.07) is 0.257. The van der Waals surface area contributed by atoms with Gasteiger partial charge in [0, 0.05) is 36.5 Å². The summed E-state index contributed by atoms with van der Waals surface area (Å²) < 4.78 is 0. The normalized spacial score (nSPS) is 25.3. The van der Waals surface area contributed by atoms with Crippen LogP contribution in [0.2, 0.25) is 0 Å². The molecule has 0 aromatic rings. The second-order valence-electron chi connectivity index (χ2n) is 10.1. The molecule has 0 bridgehead atoms. The van der Waals surface area contributed by atoms with Crippen molar-refractivity contribution in [3.63, 3.8) is 0 Å². The predicted octanol–water partition coefficient (Wildman–Crippen LogP) is 5.15. The molecule has 0 aromatic carbocycles. The van der Waals surface area contributed by atoms with Crippen LogP contribution in [0.1, 0.15) is 106 Å². The van der Waals surface area contributed by atoms with Gasteiger partial charge in [0.1, 0.15) is 0 Å². The summed E-state index contributed by atoms with van der Waals surface area (Å²) in [6.45, 7) is 13.4. The van der Waals surface area contributed by atoms with Crippen LogP contribution in [0.5, 0.6) is 0 Å². The molecule has 27 heavy (non-hydrogen) atoms. The Morgan fingerprint density at radius 1 is 1.00 bits per heavy atom. The van der Waals surface area contributed by atoms with Gasteiger partial charge in [-0.05, 0) is 53.4 Å². The summed E-state index contributed by atoms with van der Waals surface area (Å²) >= 11 is 0. The van der Waals surface area contributed by atoms with E-state index in [1.807, 2.05) is 4.90 Å². The minimum absolute atomic E-state index is 0.136. The molecule has 1 unspecified atom stereocenters. The van der Waals surface area contributed by atoms with E-state index in [0.29, 0.717) is 5.91 Å². The molecule has 2 saturated heterocycles. The van der Waals surface area contributed by atoms with Gasteiger partial charge in [0.25, 0.3) is 0 Å². The average molecular weight is 379 g/mol. The lowest BCUT2D eigenvalue weighted by Gasteiger charge is -2.56. The van der Waals surface area contributed by atoms with Crippen molar-refractivity contribution in [2.75, 3.05) is 6.54 Å². The zero-order chi connectivity index (χ0) is 20.2. The van der Waals surface area contributed by atoms with E-state index in [0.717, 1.165) is 32.2 Å². The lowest BCUT2D eigenvalue weighted by Crippen LogP contribution is -2.65. The lowest BCUT2D eigenvalue weighted by molar-refractivity contribution is -0.152. The molecular formula is C23H42N2O2. The number of piperidine rings is 1. The molecule has 0 spiro atoms. The van der Waals surface area contributed by atoms with Gasteiger partial charge in [-0.25, -0.2) is 0 Å². The quantitative estimate of drug-likeness (QED) is 0.548. The predicted molar refractivity (Wildman–Crippen MR) is 112 cm³/mol. The molecule has 2 heterocycles. The molecular weight excluding hydrogens is 336 g/mol. The molecule has 1 atom stereocenters. The number of carbonyl (C=O) groups is 2. The number of carbonyl (C=O) groups excluding carboxylic acids is 2. The molecule has 2 amide bonds. The minimum Gasteiger partial charge on any atom is -0.339 e. The van der Waals surface area contributed by atoms with Gasteiger partial charge in [-0.3, -0.25) is 9.59 Å². The zero-order valence-corrected chi connectivity index (χ0v) is 18.6. The van der Waals surface area contributed by atoms with Crippen molar-refractivity contribution in [2.45, 2.75) is 123 Å². The maximum absolute atomic E-state index is 13.1. The van der Waals surface area contributed by atoms with Crippen LogP contribution < -0.4 is 0 Å². The van der Waals surface area contributed by atoms with Crippen molar-refractivity contribution in [2.24, 2.45) is 5.92 Å². The summed E-state index contributed by atoms with van der Waals surface area (Å²) in [7, 11) is 0. The molecule has 0 aliphatic carbocycles. The number of unbranched alkanes of at least 4 members (excludes halogenated alkanes) is 5. The van der Waals surface area contributed by atoms with Gasteiger partial charge < -0.3 is 9.80 Å². The fourth-order valence-electron chi connectivity index (χ4n) is 5.86. The first-order valence-electron chi connectivity index (χ1n) is 11.2. The third kappa shape index (κ3) is 5.26. The Bertz CT molecular complexity index is 508. The Balaban J connectivity index is 1.92. The van der Waals surface area contributed by atoms with Crippen LogP contribution in [0.4, 0.5) is 0 Å². The highest BCUT2D eigenvalue weighted by Gasteiger charge is 2.50. The third-order valence-corrected chi connectivity index (χ3v) is 6.69. The maximum Gasteiger partial charge on any atom is 0.225 e. The van der Waals surface area contributed by atoms with Crippen LogP contribution in [0, 0.1) is 5.92 Å². The topological polar surface area (TPSA) is 40.6 Å². The molecule has 2 fully saturated rings. The highest BCUT2D eigenvalue weighted by molar-refractivity contribution is 5.81. The number of nitrogens with zero attached hydrogens (tertiary/aromatic N) is 2. The van der Waals surface area contributed by atoms with Crippen molar-refractivity contribution in [3.05, 3.63) is 0 Å². The first-order valence-corrected chi connectivity index (χ1v) is 11.2. The van der Waals surface area contributed by atoms with E-state index in [1.54, 1.807) is 6.92 Å². The Kier molecular flexibility index (Phi) is 7.38. The molecule has 2 aliphatic rings. The molecule has 0 radical (unpaired) electrons. The van der Waals surface area contributed by atoms with E-state index in [9.17, 15) is 9.59 Å². The Morgan fingerprint density at radius 2 is 1.56 bits per heavy atom. The van der Waals surface area contributed by atoms with Crippen LogP contribution >= 0.6 is 0 Å². The molecule has 0 aromatic heterocycles. The monoisotopic (exact) mass is 378 g/mol. The van der Waals surface area contributed by atoms with E-state index in [-0.39, 0.29) is 28.9 Å². The van der Waals surface area contributed by atoms with Crippen LogP contribution in [0.15, 0.2) is 0 Å². The van der Waals surface area contributed by atoms with Crippen LogP contribution in [-0.2, 0) is 9.59 Å². The number of hydrogen-bond donors (Lipinski definition) is 0. The van der Waals surface area contributed by atoms with Gasteiger partial charge in [-0.1, -0.05) is 45.4 Å². The van der Waals surface area contributed by atoms with E-state index in [2.05, 4.69) is 39.5 Å². The standard InChI is InChI=1S/C23H42N2O2/c1-7-8-9-10-11-12-13-19-14-15-24(21(19)27)20-16-22(3,4)25(18(2)26)23(5,6)17-20/h19-20H,7-17H2,1-6H3. The summed E-state index contributed by atoms with van der Waals surface area (Å²) in [5, 5.41) is 0. The van der Waals surface area contributed by atoms with Crippen molar-refractivity contribution in [3.8, 4) is 0 Å². The second-order valence-corrected chi connectivity index (χ2v) is 10.1. The smallest absolute Gasteiger partial charge is 0.225 e. The second kappa shape index (κ2) is 8.96. The highest BCUT2D eigenvalue weighted by Crippen LogP contribution is 2.42. The minimum atomic E-state index is -0.212. The summed E-state index contributed by atoms with van der Waals surface area (Å²) in [4.78, 5) is 29.5. The van der Waals surface area contributed by atoms with Gasteiger partial charge in [-0.2, -0.15) is 0 Å². The Labute approximate surface area is 167 Å². The maximum atomic E-state index is 13.1. The van der Waals surface area contributed by atoms with Crippen molar-refractivity contribution in [1.82, 2.24) is 9.80 Å². The van der Waals surface area contributed by atoms with Crippen LogP contribution in [-0.4, -0.2) is 45.3 Å². The molecule has 0 N–H and O–H groups in total. The van der Waals surface area contributed by atoms with Crippen LogP contribution in [0.25, 0.3) is 0 Å². The molecule has 0 saturated carbocycles. The van der Waals surface area contributed by atoms with E-state index >= 15 is 0 Å². The summed E-state index contributed by atoms with van der Waals surface area (Å²) in [5.41, 5.74) is -0.425. The molecule has 2 rings (SSSR count). The fraction of sp³-hybridized carbons (Fsp3) is 0.913. The Morgan fingerprint density at radius 3 is 2.11 bits per heavy atom. The number of hydrogen-bond acceptors (Lipinski definition) is 2. The zero-order valence-electron chi connectivity index (χ0n) is 18.6. The Hall–Kier alpha value is -1.06. The van der Waals surface area contributed by atoms with E-state index in [1.165, 1.54) is 38.5 Å². The molecule has 2 aliphatic heterocycles. The van der Waals surface area contributed by atoms with Gasteiger partial charge in [-0.15, -0.1) is 0 Å². The first-order chi connectivity index (χ1) is 12.6. The third-order valence-electron chi connectivity index (χ3n) is 6.69. The van der Waals surface area contributed by atoms with Crippen LogP contribution in [0.3, 0.4) is 0 Å². The fourth-order valence-corrected chi connectivity index (χ4v) is 5.86. The van der Waals surface area contributed by atoms with E-state index < -0.39 is 0 Å². The van der Waals surface area contributed by atoms with Gasteiger partial charge >= 0.3 is 0 Å². The largest absolute Gasteiger partial charge is 0.339 e. The average Bonchev–Trinajstić information content (AvgIpc) is 2.88. The number of likely N-dealkylation sites (tertiary alicyclic amines) is 2. The molecule has 156 valence electrons. The lowest BCUT2D eigenvalue weighted by atomic mass is 9.76. The number of rotatable bonds is 8. The van der Waals surface area contributed by atoms with Gasteiger partial charge in [0.15, 0.2) is 0 Å². The number of amides is 2. The van der Waals surface area contributed by atoms with E-state index in [4.69, 9.17) is 0 Å². The van der Waals surface area contributed by atoms with Gasteiger partial charge in [0.05, 0.1) is 0 Å². The molecule has 4 nitrogen and oxygen atoms in total. The summed E-state index contributed by atoms with van der Waals surface area (Å²) in [6.07, 6.45) is 11.5. The summed E-state index contributed by atoms with van der Waals surface area (Å²) in [5.74, 6) is 0.738. The first kappa shape index (κ1) is 22.2. The van der Waals surface area contributed by atoms with Crippen molar-refractivity contribution >= 4 is 11.8 Å². The highest BCUT2D eigenvalue weighted by atomic mass is 16.2. The SMILES string of the molecule is CCCCCCCCC1CCN(C2CC(C)(C)N(C(C)=O)C(C)(C)C2)C1=O. The van der Waals surface area contributed by atoms with Crippen molar-refractivity contribution in [1.29, 1.82) is 0 Å². The van der Waals surface area contributed by atoms with Gasteiger partial charge in [0.2, 0.25) is 11.8 Å².